The van der Waals surface area contributed by atoms with Gasteiger partial charge in [-0.05, 0) is 43.4 Å². The van der Waals surface area contributed by atoms with E-state index in [0.29, 0.717) is 11.3 Å². The minimum absolute atomic E-state index is 0.276. The molecule has 3 rings (SSSR count). The molecule has 1 aliphatic rings. The second-order valence-corrected chi connectivity index (χ2v) is 5.82. The maximum atomic E-state index is 11.6. The van der Waals surface area contributed by atoms with E-state index in [1.54, 1.807) is 6.92 Å². The molecule has 5 nitrogen and oxygen atoms in total. The Hall–Kier alpha value is -2.40. The van der Waals surface area contributed by atoms with Gasteiger partial charge in [-0.2, -0.15) is 0 Å². The Bertz CT molecular complexity index is 785. The molecule has 22 heavy (non-hydrogen) atoms. The first-order chi connectivity index (χ1) is 10.4. The van der Waals surface area contributed by atoms with E-state index in [-0.39, 0.29) is 5.56 Å². The lowest BCUT2D eigenvalue weighted by Gasteiger charge is -2.37. The van der Waals surface area contributed by atoms with E-state index in [1.807, 2.05) is 24.3 Å². The molecule has 1 aromatic heterocycles. The number of aryl methyl sites for hydroxylation is 1. The number of aromatic nitrogens is 1. The predicted molar refractivity (Wildman–Crippen MR) is 81.9 cm³/mol. The van der Waals surface area contributed by atoms with Crippen molar-refractivity contribution in [3.8, 4) is 11.1 Å². The fourth-order valence-electron chi connectivity index (χ4n) is 2.84. The van der Waals surface area contributed by atoms with Gasteiger partial charge in [-0.15, -0.1) is 0 Å². The smallest absolute Gasteiger partial charge is 0.341 e. The maximum absolute atomic E-state index is 11.6. The number of hydrogen-bond acceptors (Lipinski definition) is 3. The highest BCUT2D eigenvalue weighted by Crippen LogP contribution is 2.41. The summed E-state index contributed by atoms with van der Waals surface area (Å²) in [4.78, 5) is 25.3. The van der Waals surface area contributed by atoms with Gasteiger partial charge in [0.25, 0.3) is 5.56 Å². The monoisotopic (exact) mass is 299 g/mol. The largest absolute Gasteiger partial charge is 0.477 e. The third-order valence-corrected chi connectivity index (χ3v) is 4.38. The normalized spacial score (nSPS) is 16.1. The van der Waals surface area contributed by atoms with E-state index in [9.17, 15) is 14.7 Å². The Balaban J connectivity index is 2.02. The number of benzene rings is 1. The van der Waals surface area contributed by atoms with Crippen molar-refractivity contribution in [1.29, 1.82) is 0 Å². The van der Waals surface area contributed by atoms with Gasteiger partial charge < -0.3 is 15.2 Å². The van der Waals surface area contributed by atoms with Crippen molar-refractivity contribution < 1.29 is 15.0 Å². The summed E-state index contributed by atoms with van der Waals surface area (Å²) in [6.45, 7) is 1.73. The van der Waals surface area contributed by atoms with Crippen LogP contribution < -0.4 is 5.56 Å². The molecule has 5 heteroatoms. The highest BCUT2D eigenvalue weighted by molar-refractivity contribution is 5.89. The molecular formula is C17H17NO4. The molecule has 3 N–H and O–H groups in total. The fraction of sp³-hybridized carbons (Fsp3) is 0.294. The SMILES string of the molecule is Cc1[nH]c(=O)c(C(=O)O)cc1-c1ccc(C2(O)CCC2)cc1. The van der Waals surface area contributed by atoms with Crippen LogP contribution >= 0.6 is 0 Å². The topological polar surface area (TPSA) is 90.4 Å². The van der Waals surface area contributed by atoms with Crippen molar-refractivity contribution >= 4 is 5.97 Å². The minimum atomic E-state index is -1.25. The number of carbonyl (C=O) groups is 1. The molecule has 1 aliphatic carbocycles. The second kappa shape index (κ2) is 5.10. The van der Waals surface area contributed by atoms with Gasteiger partial charge in [-0.25, -0.2) is 4.79 Å². The lowest BCUT2D eigenvalue weighted by atomic mass is 9.75. The van der Waals surface area contributed by atoms with Gasteiger partial charge in [0.05, 0.1) is 5.60 Å². The predicted octanol–water partition coefficient (Wildman–Crippen LogP) is 2.42. The lowest BCUT2D eigenvalue weighted by Crippen LogP contribution is -2.33. The summed E-state index contributed by atoms with van der Waals surface area (Å²) >= 11 is 0. The summed E-state index contributed by atoms with van der Waals surface area (Å²) in [7, 11) is 0. The van der Waals surface area contributed by atoms with Crippen LogP contribution in [0.4, 0.5) is 0 Å². The lowest BCUT2D eigenvalue weighted by molar-refractivity contribution is -0.0387. The molecule has 0 saturated heterocycles. The van der Waals surface area contributed by atoms with E-state index in [1.165, 1.54) is 6.07 Å². The molecule has 114 valence electrons. The van der Waals surface area contributed by atoms with Gasteiger partial charge in [-0.1, -0.05) is 24.3 Å². The van der Waals surface area contributed by atoms with Crippen LogP contribution in [0.25, 0.3) is 11.1 Å². The van der Waals surface area contributed by atoms with Gasteiger partial charge in [0.2, 0.25) is 0 Å². The van der Waals surface area contributed by atoms with Crippen molar-refractivity contribution in [3.63, 3.8) is 0 Å². The van der Waals surface area contributed by atoms with Crippen molar-refractivity contribution in [2.24, 2.45) is 0 Å². The summed E-state index contributed by atoms with van der Waals surface area (Å²) in [5.41, 5.74) is 1.38. The van der Waals surface area contributed by atoms with E-state index in [0.717, 1.165) is 30.4 Å². The Labute approximate surface area is 127 Å². The zero-order valence-corrected chi connectivity index (χ0v) is 12.2. The van der Waals surface area contributed by atoms with E-state index in [2.05, 4.69) is 4.98 Å². The number of aromatic carboxylic acids is 1. The highest BCUT2D eigenvalue weighted by atomic mass is 16.4. The molecule has 0 unspecified atom stereocenters. The van der Waals surface area contributed by atoms with Gasteiger partial charge in [0.15, 0.2) is 0 Å². The first-order valence-electron chi connectivity index (χ1n) is 7.21. The molecule has 1 heterocycles. The summed E-state index contributed by atoms with van der Waals surface area (Å²) in [6.07, 6.45) is 2.57. The molecule has 0 atom stereocenters. The average Bonchev–Trinajstić information content (AvgIpc) is 2.45. The molecule has 0 amide bonds. The molecule has 1 saturated carbocycles. The van der Waals surface area contributed by atoms with Crippen LogP contribution in [-0.4, -0.2) is 21.2 Å². The van der Waals surface area contributed by atoms with Crippen LogP contribution in [0.15, 0.2) is 35.1 Å². The van der Waals surface area contributed by atoms with Gasteiger partial charge in [0.1, 0.15) is 5.56 Å². The number of pyridine rings is 1. The van der Waals surface area contributed by atoms with E-state index >= 15 is 0 Å². The number of aliphatic hydroxyl groups is 1. The Morgan fingerprint density at radius 3 is 2.36 bits per heavy atom. The zero-order valence-electron chi connectivity index (χ0n) is 12.2. The van der Waals surface area contributed by atoms with Crippen LogP contribution in [0, 0.1) is 6.92 Å². The second-order valence-electron chi connectivity index (χ2n) is 5.82. The summed E-state index contributed by atoms with van der Waals surface area (Å²) < 4.78 is 0. The standard InChI is InChI=1S/C17H17NO4/c1-10-13(9-14(16(20)21)15(19)18-10)11-3-5-12(6-4-11)17(22)7-2-8-17/h3-6,9,22H,2,7-8H2,1H3,(H,18,19)(H,20,21). The van der Waals surface area contributed by atoms with E-state index in [4.69, 9.17) is 5.11 Å². The number of aromatic amines is 1. The summed E-state index contributed by atoms with van der Waals surface area (Å²) in [5, 5.41) is 19.4. The number of H-pyrrole nitrogens is 1. The highest BCUT2D eigenvalue weighted by Gasteiger charge is 2.35. The van der Waals surface area contributed by atoms with Crippen molar-refractivity contribution in [3.05, 3.63) is 57.5 Å². The number of nitrogens with one attached hydrogen (secondary N) is 1. The molecule has 0 spiro atoms. The Morgan fingerprint density at radius 1 is 1.23 bits per heavy atom. The van der Waals surface area contributed by atoms with E-state index < -0.39 is 17.1 Å². The first-order valence-corrected chi connectivity index (χ1v) is 7.21. The van der Waals surface area contributed by atoms with Crippen LogP contribution in [0.1, 0.15) is 40.9 Å². The van der Waals surface area contributed by atoms with Crippen molar-refractivity contribution in [2.75, 3.05) is 0 Å². The summed E-state index contributed by atoms with van der Waals surface area (Å²) in [6, 6.07) is 8.80. The number of carboxylic acids is 1. The van der Waals surface area contributed by atoms with Crippen LogP contribution in [-0.2, 0) is 5.60 Å². The van der Waals surface area contributed by atoms with Crippen LogP contribution in [0.3, 0.4) is 0 Å². The maximum Gasteiger partial charge on any atom is 0.341 e. The van der Waals surface area contributed by atoms with Crippen molar-refractivity contribution in [1.82, 2.24) is 4.98 Å². The molecule has 1 aromatic carbocycles. The fourth-order valence-corrected chi connectivity index (χ4v) is 2.84. The molecule has 1 fully saturated rings. The Kier molecular flexibility index (Phi) is 3.37. The number of rotatable bonds is 3. The van der Waals surface area contributed by atoms with Gasteiger partial charge in [0, 0.05) is 11.3 Å². The first kappa shape index (κ1) is 14.5. The number of hydrogen-bond donors (Lipinski definition) is 3. The quantitative estimate of drug-likeness (QED) is 0.812. The molecule has 0 radical (unpaired) electrons. The van der Waals surface area contributed by atoms with Crippen LogP contribution in [0.2, 0.25) is 0 Å². The molecular weight excluding hydrogens is 282 g/mol. The summed E-state index contributed by atoms with van der Waals surface area (Å²) in [5.74, 6) is -1.25. The third kappa shape index (κ3) is 2.33. The zero-order chi connectivity index (χ0) is 15.9. The van der Waals surface area contributed by atoms with Crippen LogP contribution in [0.5, 0.6) is 0 Å². The van der Waals surface area contributed by atoms with Gasteiger partial charge in [-0.3, -0.25) is 4.79 Å². The molecule has 0 aliphatic heterocycles. The molecule has 2 aromatic rings. The molecule has 0 bridgehead atoms. The average molecular weight is 299 g/mol. The van der Waals surface area contributed by atoms with Crippen molar-refractivity contribution in [2.45, 2.75) is 31.8 Å². The van der Waals surface area contributed by atoms with Gasteiger partial charge >= 0.3 is 5.97 Å². The third-order valence-electron chi connectivity index (χ3n) is 4.38. The number of carboxylic acid groups (broad SMARTS) is 1. The minimum Gasteiger partial charge on any atom is -0.477 e. The Morgan fingerprint density at radius 2 is 1.86 bits per heavy atom.